The molecule has 0 atom stereocenters. The molecule has 0 saturated heterocycles. The summed E-state index contributed by atoms with van der Waals surface area (Å²) < 4.78 is 0. The maximum Gasteiger partial charge on any atom is 0.345 e. The second-order valence-corrected chi connectivity index (χ2v) is 6.76. The molecule has 0 saturated carbocycles. The third-order valence-corrected chi connectivity index (χ3v) is 5.18. The van der Waals surface area contributed by atoms with Gasteiger partial charge in [0.25, 0.3) is 0 Å². The first-order valence-electron chi connectivity index (χ1n) is 7.32. The summed E-state index contributed by atoms with van der Waals surface area (Å²) in [7, 11) is 0. The predicted octanol–water partition coefficient (Wildman–Crippen LogP) is 4.25. The van der Waals surface area contributed by atoms with Crippen molar-refractivity contribution >= 4 is 23.0 Å². The molecule has 0 unspecified atom stereocenters. The van der Waals surface area contributed by atoms with Gasteiger partial charge in [-0.15, -0.1) is 11.3 Å². The van der Waals surface area contributed by atoms with Crippen LogP contribution in [0.4, 0.5) is 5.69 Å². The van der Waals surface area contributed by atoms with Gasteiger partial charge in [-0.3, -0.25) is 0 Å². The number of anilines is 1. The van der Waals surface area contributed by atoms with E-state index in [4.69, 9.17) is 5.11 Å². The van der Waals surface area contributed by atoms with Gasteiger partial charge in [0.2, 0.25) is 0 Å². The summed E-state index contributed by atoms with van der Waals surface area (Å²) in [6.07, 6.45) is 4.85. The molecule has 0 fully saturated rings. The minimum absolute atomic E-state index is 0.416. The van der Waals surface area contributed by atoms with Crippen LogP contribution in [0.25, 0.3) is 0 Å². The van der Waals surface area contributed by atoms with Crippen molar-refractivity contribution in [2.75, 3.05) is 5.32 Å². The Morgan fingerprint density at radius 2 is 2.14 bits per heavy atom. The number of hydrogen-bond donors (Lipinski definition) is 2. The molecular formula is C17H19NO2S. The van der Waals surface area contributed by atoms with Crippen molar-refractivity contribution in [2.45, 2.75) is 39.2 Å². The van der Waals surface area contributed by atoms with Crippen LogP contribution in [0, 0.1) is 6.92 Å². The Morgan fingerprint density at radius 3 is 2.90 bits per heavy atom. The van der Waals surface area contributed by atoms with Gasteiger partial charge in [-0.2, -0.15) is 0 Å². The number of nitrogens with one attached hydrogen (secondary N) is 1. The fourth-order valence-corrected chi connectivity index (χ4v) is 3.82. The van der Waals surface area contributed by atoms with Crippen LogP contribution in [0.1, 0.15) is 44.1 Å². The van der Waals surface area contributed by atoms with Crippen molar-refractivity contribution in [3.8, 4) is 0 Å². The molecule has 1 aromatic heterocycles. The number of aryl methyl sites for hydroxylation is 2. The smallest absolute Gasteiger partial charge is 0.345 e. The molecule has 0 radical (unpaired) electrons. The minimum atomic E-state index is -0.841. The molecule has 1 aliphatic carbocycles. The molecule has 21 heavy (non-hydrogen) atoms. The van der Waals surface area contributed by atoms with Gasteiger partial charge in [0.05, 0.1) is 0 Å². The maximum absolute atomic E-state index is 11.0. The summed E-state index contributed by atoms with van der Waals surface area (Å²) >= 11 is 1.35. The van der Waals surface area contributed by atoms with Crippen LogP contribution in [0.2, 0.25) is 0 Å². The van der Waals surface area contributed by atoms with Crippen LogP contribution in [-0.4, -0.2) is 11.1 Å². The van der Waals surface area contributed by atoms with Crippen molar-refractivity contribution < 1.29 is 9.90 Å². The van der Waals surface area contributed by atoms with E-state index >= 15 is 0 Å². The molecule has 1 aliphatic rings. The first kappa shape index (κ1) is 14.1. The highest BCUT2D eigenvalue weighted by Gasteiger charge is 2.14. The second kappa shape index (κ2) is 5.90. The first-order chi connectivity index (χ1) is 10.1. The molecule has 110 valence electrons. The SMILES string of the molecule is Cc1sc(C(=O)O)cc1CNc1cccc2c1CCCC2. The van der Waals surface area contributed by atoms with E-state index in [1.807, 2.05) is 6.92 Å². The maximum atomic E-state index is 11.0. The highest BCUT2D eigenvalue weighted by molar-refractivity contribution is 7.14. The summed E-state index contributed by atoms with van der Waals surface area (Å²) in [5.74, 6) is -0.841. The molecule has 0 spiro atoms. The first-order valence-corrected chi connectivity index (χ1v) is 8.14. The van der Waals surface area contributed by atoms with Gasteiger partial charge in [0.1, 0.15) is 4.88 Å². The molecule has 0 bridgehead atoms. The zero-order chi connectivity index (χ0) is 14.8. The number of carbonyl (C=O) groups is 1. The third kappa shape index (κ3) is 2.95. The van der Waals surface area contributed by atoms with Crippen LogP contribution in [0.5, 0.6) is 0 Å². The van der Waals surface area contributed by atoms with Crippen molar-refractivity contribution in [1.82, 2.24) is 0 Å². The van der Waals surface area contributed by atoms with Crippen molar-refractivity contribution in [1.29, 1.82) is 0 Å². The van der Waals surface area contributed by atoms with E-state index in [0.29, 0.717) is 11.4 Å². The van der Waals surface area contributed by atoms with Gasteiger partial charge in [0, 0.05) is 17.1 Å². The van der Waals surface area contributed by atoms with E-state index in [2.05, 4.69) is 23.5 Å². The Labute approximate surface area is 128 Å². The number of thiophene rings is 1. The number of hydrogen-bond acceptors (Lipinski definition) is 3. The Kier molecular flexibility index (Phi) is 3.97. The predicted molar refractivity (Wildman–Crippen MR) is 86.4 cm³/mol. The van der Waals surface area contributed by atoms with Gasteiger partial charge in [-0.05, 0) is 61.4 Å². The standard InChI is InChI=1S/C17H19NO2S/c1-11-13(9-16(21-11)17(19)20)10-18-15-8-4-6-12-5-2-3-7-14(12)15/h4,6,8-9,18H,2-3,5,7,10H2,1H3,(H,19,20). The summed E-state index contributed by atoms with van der Waals surface area (Å²) in [6, 6.07) is 8.24. The topological polar surface area (TPSA) is 49.3 Å². The van der Waals surface area contributed by atoms with E-state index in [1.165, 1.54) is 47.4 Å². The molecule has 1 aromatic carbocycles. The summed E-state index contributed by atoms with van der Waals surface area (Å²) in [5, 5.41) is 12.6. The van der Waals surface area contributed by atoms with Crippen LogP contribution in [0.3, 0.4) is 0 Å². The molecule has 3 rings (SSSR count). The highest BCUT2D eigenvalue weighted by Crippen LogP contribution is 2.29. The van der Waals surface area contributed by atoms with Crippen LogP contribution in [0.15, 0.2) is 24.3 Å². The van der Waals surface area contributed by atoms with Gasteiger partial charge < -0.3 is 10.4 Å². The lowest BCUT2D eigenvalue weighted by molar-refractivity contribution is 0.0702. The van der Waals surface area contributed by atoms with Crippen molar-refractivity contribution in [3.63, 3.8) is 0 Å². The Balaban J connectivity index is 1.78. The molecular weight excluding hydrogens is 282 g/mol. The largest absolute Gasteiger partial charge is 0.477 e. The van der Waals surface area contributed by atoms with Gasteiger partial charge >= 0.3 is 5.97 Å². The highest BCUT2D eigenvalue weighted by atomic mass is 32.1. The molecule has 2 aromatic rings. The number of rotatable bonds is 4. The lowest BCUT2D eigenvalue weighted by atomic mass is 9.90. The van der Waals surface area contributed by atoms with Crippen molar-refractivity contribution in [2.24, 2.45) is 0 Å². The zero-order valence-electron chi connectivity index (χ0n) is 12.1. The Morgan fingerprint density at radius 1 is 1.33 bits per heavy atom. The quantitative estimate of drug-likeness (QED) is 0.887. The number of fused-ring (bicyclic) bond motifs is 1. The third-order valence-electron chi connectivity index (χ3n) is 4.10. The summed E-state index contributed by atoms with van der Waals surface area (Å²) in [5.41, 5.74) is 5.18. The fraction of sp³-hybridized carbons (Fsp3) is 0.353. The van der Waals surface area contributed by atoms with Crippen molar-refractivity contribution in [3.05, 3.63) is 50.7 Å². The number of aromatic carboxylic acids is 1. The average Bonchev–Trinajstić information content (AvgIpc) is 2.86. The lowest BCUT2D eigenvalue weighted by Gasteiger charge is -2.20. The molecule has 3 nitrogen and oxygen atoms in total. The van der Waals surface area contributed by atoms with Gasteiger partial charge in [-0.1, -0.05) is 12.1 Å². The molecule has 0 aliphatic heterocycles. The number of benzene rings is 1. The minimum Gasteiger partial charge on any atom is -0.477 e. The Hall–Kier alpha value is -1.81. The monoisotopic (exact) mass is 301 g/mol. The summed E-state index contributed by atoms with van der Waals surface area (Å²) in [4.78, 5) is 12.5. The van der Waals surface area contributed by atoms with Gasteiger partial charge in [0.15, 0.2) is 0 Å². The van der Waals surface area contributed by atoms with E-state index < -0.39 is 5.97 Å². The molecule has 0 amide bonds. The average molecular weight is 301 g/mol. The zero-order valence-corrected chi connectivity index (χ0v) is 12.9. The molecule has 2 N–H and O–H groups in total. The number of carboxylic acid groups (broad SMARTS) is 1. The van der Waals surface area contributed by atoms with E-state index in [-0.39, 0.29) is 0 Å². The Bertz CT molecular complexity index is 675. The molecule has 4 heteroatoms. The van der Waals surface area contributed by atoms with E-state index in [0.717, 1.165) is 16.9 Å². The van der Waals surface area contributed by atoms with Crippen LogP contribution in [-0.2, 0) is 19.4 Å². The number of carboxylic acids is 1. The van der Waals surface area contributed by atoms with E-state index in [1.54, 1.807) is 6.07 Å². The summed E-state index contributed by atoms with van der Waals surface area (Å²) in [6.45, 7) is 2.67. The van der Waals surface area contributed by atoms with E-state index in [9.17, 15) is 4.79 Å². The second-order valence-electron chi connectivity index (χ2n) is 5.50. The fourth-order valence-electron chi connectivity index (χ4n) is 2.94. The lowest BCUT2D eigenvalue weighted by Crippen LogP contribution is -2.08. The van der Waals surface area contributed by atoms with Crippen LogP contribution < -0.4 is 5.32 Å². The normalized spacial score (nSPS) is 13.8. The van der Waals surface area contributed by atoms with Gasteiger partial charge in [-0.25, -0.2) is 4.79 Å². The molecule has 1 heterocycles. The van der Waals surface area contributed by atoms with Crippen LogP contribution >= 0.6 is 11.3 Å².